The van der Waals surface area contributed by atoms with Crippen molar-refractivity contribution in [1.29, 1.82) is 0 Å². The third kappa shape index (κ3) is 3.36. The molecule has 2 N–H and O–H groups in total. The summed E-state index contributed by atoms with van der Waals surface area (Å²) in [5.74, 6) is 0. The van der Waals surface area contributed by atoms with Crippen LogP contribution in [0.2, 0.25) is 0 Å². The lowest BCUT2D eigenvalue weighted by atomic mass is 10.3. The zero-order chi connectivity index (χ0) is 12.1. The minimum Gasteiger partial charge on any atom is -0.379 e. The molecule has 0 saturated carbocycles. The van der Waals surface area contributed by atoms with Gasteiger partial charge in [0.25, 0.3) is 5.56 Å². The molecular formula is C11H18N4O2. The van der Waals surface area contributed by atoms with Gasteiger partial charge in [-0.25, -0.2) is 0 Å². The molecule has 0 aliphatic carbocycles. The molecule has 0 bridgehead atoms. The second kappa shape index (κ2) is 5.90. The molecule has 0 unspecified atom stereocenters. The summed E-state index contributed by atoms with van der Waals surface area (Å²) in [7, 11) is 0. The van der Waals surface area contributed by atoms with E-state index in [2.05, 4.69) is 9.88 Å². The Bertz CT molecular complexity index is 412. The number of nitrogens with two attached hydrogens (primary N) is 1. The van der Waals surface area contributed by atoms with E-state index >= 15 is 0 Å². The quantitative estimate of drug-likeness (QED) is 0.731. The molecule has 94 valence electrons. The minimum absolute atomic E-state index is 0.227. The third-order valence-electron chi connectivity index (χ3n) is 2.92. The zero-order valence-electron chi connectivity index (χ0n) is 9.84. The average Bonchev–Trinajstić information content (AvgIpc) is 2.39. The van der Waals surface area contributed by atoms with Gasteiger partial charge in [0.05, 0.1) is 19.5 Å². The van der Waals surface area contributed by atoms with E-state index in [1.54, 1.807) is 12.5 Å². The van der Waals surface area contributed by atoms with E-state index in [4.69, 9.17) is 10.5 Å². The number of rotatable bonds is 4. The summed E-state index contributed by atoms with van der Waals surface area (Å²) >= 11 is 0. The van der Waals surface area contributed by atoms with Gasteiger partial charge < -0.3 is 15.0 Å². The average molecular weight is 238 g/mol. The largest absolute Gasteiger partial charge is 0.379 e. The smallest absolute Gasteiger partial charge is 0.277 e. The van der Waals surface area contributed by atoms with Gasteiger partial charge in [-0.05, 0) is 0 Å². The molecular weight excluding hydrogens is 220 g/mol. The predicted molar refractivity (Wildman–Crippen MR) is 63.6 cm³/mol. The normalized spacial score (nSPS) is 17.2. The molecule has 1 aliphatic heterocycles. The Kier molecular flexibility index (Phi) is 4.24. The molecule has 0 aromatic carbocycles. The van der Waals surface area contributed by atoms with Crippen molar-refractivity contribution in [3.63, 3.8) is 0 Å². The van der Waals surface area contributed by atoms with Gasteiger partial charge in [-0.2, -0.15) is 4.98 Å². The van der Waals surface area contributed by atoms with Crippen molar-refractivity contribution in [2.24, 2.45) is 5.73 Å². The molecule has 0 atom stereocenters. The molecule has 6 nitrogen and oxygen atoms in total. The first kappa shape index (κ1) is 12.2. The van der Waals surface area contributed by atoms with E-state index in [-0.39, 0.29) is 12.1 Å². The first-order valence-electron chi connectivity index (χ1n) is 5.85. The first-order valence-corrected chi connectivity index (χ1v) is 5.85. The van der Waals surface area contributed by atoms with Crippen molar-refractivity contribution in [3.8, 4) is 0 Å². The van der Waals surface area contributed by atoms with Crippen LogP contribution in [-0.4, -0.2) is 47.3 Å². The Morgan fingerprint density at radius 1 is 1.35 bits per heavy atom. The Morgan fingerprint density at radius 2 is 2.12 bits per heavy atom. The van der Waals surface area contributed by atoms with Crippen molar-refractivity contribution in [1.82, 2.24) is 14.5 Å². The number of aromatic nitrogens is 2. The van der Waals surface area contributed by atoms with Crippen LogP contribution in [-0.2, 0) is 17.8 Å². The van der Waals surface area contributed by atoms with Gasteiger partial charge in [-0.1, -0.05) is 0 Å². The Labute approximate surface area is 100 Å². The van der Waals surface area contributed by atoms with Crippen molar-refractivity contribution in [3.05, 3.63) is 28.4 Å². The fourth-order valence-electron chi connectivity index (χ4n) is 1.84. The number of hydrogen-bond acceptors (Lipinski definition) is 5. The molecule has 1 aromatic heterocycles. The molecule has 2 rings (SSSR count). The summed E-state index contributed by atoms with van der Waals surface area (Å²) in [6.45, 7) is 5.55. The van der Waals surface area contributed by atoms with Gasteiger partial charge in [0.2, 0.25) is 0 Å². The SMILES string of the molecule is NCc1cn(CCN2CCOCC2)cnc1=O. The van der Waals surface area contributed by atoms with Gasteiger partial charge in [-0.3, -0.25) is 9.69 Å². The first-order chi connectivity index (χ1) is 8.29. The molecule has 17 heavy (non-hydrogen) atoms. The summed E-state index contributed by atoms with van der Waals surface area (Å²) in [6.07, 6.45) is 3.36. The van der Waals surface area contributed by atoms with Crippen LogP contribution in [0.4, 0.5) is 0 Å². The van der Waals surface area contributed by atoms with Gasteiger partial charge in [0.1, 0.15) is 0 Å². The molecule has 1 aromatic rings. The van der Waals surface area contributed by atoms with Gasteiger partial charge >= 0.3 is 0 Å². The van der Waals surface area contributed by atoms with Crippen LogP contribution < -0.4 is 11.3 Å². The molecule has 2 heterocycles. The molecule has 0 amide bonds. The van der Waals surface area contributed by atoms with Gasteiger partial charge in [-0.15, -0.1) is 0 Å². The van der Waals surface area contributed by atoms with Crippen LogP contribution >= 0.6 is 0 Å². The summed E-state index contributed by atoms with van der Waals surface area (Å²) in [6, 6.07) is 0. The summed E-state index contributed by atoms with van der Waals surface area (Å²) < 4.78 is 7.20. The van der Waals surface area contributed by atoms with Crippen molar-refractivity contribution in [2.45, 2.75) is 13.1 Å². The Morgan fingerprint density at radius 3 is 2.82 bits per heavy atom. The van der Waals surface area contributed by atoms with Crippen LogP contribution in [0, 0.1) is 0 Å². The van der Waals surface area contributed by atoms with E-state index in [1.165, 1.54) is 0 Å². The summed E-state index contributed by atoms with van der Waals surface area (Å²) in [5.41, 5.74) is 5.82. The van der Waals surface area contributed by atoms with Gasteiger partial charge in [0.15, 0.2) is 0 Å². The fourth-order valence-corrected chi connectivity index (χ4v) is 1.84. The molecule has 6 heteroatoms. The second-order valence-electron chi connectivity index (χ2n) is 4.10. The van der Waals surface area contributed by atoms with Crippen LogP contribution in [0.3, 0.4) is 0 Å². The number of ether oxygens (including phenoxy) is 1. The molecule has 1 saturated heterocycles. The minimum atomic E-state index is -0.227. The number of morpholine rings is 1. The second-order valence-corrected chi connectivity index (χ2v) is 4.10. The van der Waals surface area contributed by atoms with E-state index in [0.29, 0.717) is 5.56 Å². The van der Waals surface area contributed by atoms with Crippen LogP contribution in [0.25, 0.3) is 0 Å². The zero-order valence-corrected chi connectivity index (χ0v) is 9.84. The number of hydrogen-bond donors (Lipinski definition) is 1. The monoisotopic (exact) mass is 238 g/mol. The van der Waals surface area contributed by atoms with E-state index < -0.39 is 0 Å². The van der Waals surface area contributed by atoms with Crippen LogP contribution in [0.1, 0.15) is 5.56 Å². The van der Waals surface area contributed by atoms with Crippen LogP contribution in [0.5, 0.6) is 0 Å². The van der Waals surface area contributed by atoms with Crippen molar-refractivity contribution >= 4 is 0 Å². The van der Waals surface area contributed by atoms with E-state index in [9.17, 15) is 4.79 Å². The lowest BCUT2D eigenvalue weighted by Gasteiger charge is -2.26. The molecule has 1 fully saturated rings. The maximum atomic E-state index is 11.3. The van der Waals surface area contributed by atoms with Crippen LogP contribution in [0.15, 0.2) is 17.3 Å². The predicted octanol–water partition coefficient (Wildman–Crippen LogP) is -0.966. The highest BCUT2D eigenvalue weighted by molar-refractivity contribution is 5.03. The standard InChI is InChI=1S/C11H18N4O2/c12-7-10-8-15(9-13-11(10)16)2-1-14-3-5-17-6-4-14/h8-9H,1-7,12H2. The Hall–Kier alpha value is -1.24. The lowest BCUT2D eigenvalue weighted by molar-refractivity contribution is 0.0363. The fraction of sp³-hybridized carbons (Fsp3) is 0.636. The maximum Gasteiger partial charge on any atom is 0.277 e. The van der Waals surface area contributed by atoms with E-state index in [1.807, 2.05) is 4.57 Å². The highest BCUT2D eigenvalue weighted by atomic mass is 16.5. The highest BCUT2D eigenvalue weighted by Crippen LogP contribution is 1.98. The van der Waals surface area contributed by atoms with E-state index in [0.717, 1.165) is 39.4 Å². The third-order valence-corrected chi connectivity index (χ3v) is 2.92. The lowest BCUT2D eigenvalue weighted by Crippen LogP contribution is -2.38. The summed E-state index contributed by atoms with van der Waals surface area (Å²) in [4.78, 5) is 17.4. The van der Waals surface area contributed by atoms with Crippen molar-refractivity contribution < 1.29 is 4.74 Å². The number of nitrogens with zero attached hydrogens (tertiary/aromatic N) is 3. The van der Waals surface area contributed by atoms with Gasteiger partial charge in [0, 0.05) is 44.5 Å². The molecule has 1 aliphatic rings. The summed E-state index contributed by atoms with van der Waals surface area (Å²) in [5, 5.41) is 0. The maximum absolute atomic E-state index is 11.3. The topological polar surface area (TPSA) is 73.4 Å². The Balaban J connectivity index is 1.91. The molecule has 0 radical (unpaired) electrons. The van der Waals surface area contributed by atoms with Crippen molar-refractivity contribution in [2.75, 3.05) is 32.8 Å². The highest BCUT2D eigenvalue weighted by Gasteiger charge is 2.09. The molecule has 0 spiro atoms.